The number of carboxylic acids is 1. The number of hydrogen-bond acceptors (Lipinski definition) is 13. The number of rotatable bonds is 11. The van der Waals surface area contributed by atoms with E-state index in [4.69, 9.17) is 29.4 Å². The molecule has 256 valence electrons. The number of phenols is 1. The van der Waals surface area contributed by atoms with Gasteiger partial charge in [0.25, 0.3) is 0 Å². The molecular weight excluding hydrogens is 618 g/mol. The number of carbonyl (C=O) groups is 3. The van der Waals surface area contributed by atoms with Crippen LogP contribution in [0.4, 0.5) is 0 Å². The van der Waals surface area contributed by atoms with Crippen LogP contribution in [-0.2, 0) is 30.2 Å². The summed E-state index contributed by atoms with van der Waals surface area (Å²) in [4.78, 5) is 39.6. The molecule has 1 aliphatic heterocycles. The Labute approximate surface area is 270 Å². The number of nitrogens with two attached hydrogens (primary N) is 1. The Morgan fingerprint density at radius 3 is 2.51 bits per heavy atom. The predicted molar refractivity (Wildman–Crippen MR) is 162 cm³/mol. The van der Waals surface area contributed by atoms with Gasteiger partial charge >= 0.3 is 5.97 Å². The molecule has 0 aromatic heterocycles. The van der Waals surface area contributed by atoms with E-state index >= 15 is 0 Å². The quantitative estimate of drug-likeness (QED) is 0.160. The standard InChI is InChI=1S/C33H41NO13/c1-14(36)8-23(44-15(2)13-35)47-31-16(3)45-24(10-20(31)34)46-22-12-33(42,32(40)41)11-17-9-19-27(29(38)25(17)22)30(39)26-18(28(19)37)6-5-7-21(26)43-4/h5-7,9,14-16,20,22-24,31,35-36,38,42H,8,10-13,34H2,1-4H3,(H,40,41). The number of aliphatic hydroxyl groups is 3. The fraction of sp³-hybridized carbons (Fsp3) is 0.545. The van der Waals surface area contributed by atoms with Crippen LogP contribution in [0.15, 0.2) is 24.3 Å². The highest BCUT2D eigenvalue weighted by molar-refractivity contribution is 6.30. The molecule has 0 amide bonds. The molecule has 7 N–H and O–H groups in total. The van der Waals surface area contributed by atoms with Crippen molar-refractivity contribution < 1.29 is 63.6 Å². The van der Waals surface area contributed by atoms with Crippen LogP contribution in [0, 0.1) is 0 Å². The number of ketones is 2. The molecular formula is C33H41NO13. The number of carboxylic acid groups (broad SMARTS) is 1. The number of fused-ring (bicyclic) bond motifs is 3. The molecule has 0 bridgehead atoms. The molecule has 1 heterocycles. The van der Waals surface area contributed by atoms with Gasteiger partial charge < -0.3 is 55.0 Å². The van der Waals surface area contributed by atoms with E-state index in [2.05, 4.69) is 0 Å². The fourth-order valence-corrected chi connectivity index (χ4v) is 6.58. The van der Waals surface area contributed by atoms with Crippen molar-refractivity contribution in [2.75, 3.05) is 13.7 Å². The average Bonchev–Trinajstić information content (AvgIpc) is 3.00. The van der Waals surface area contributed by atoms with Gasteiger partial charge in [0.2, 0.25) is 5.78 Å². The van der Waals surface area contributed by atoms with Crippen molar-refractivity contribution in [1.82, 2.24) is 0 Å². The number of aromatic hydroxyl groups is 1. The zero-order valence-corrected chi connectivity index (χ0v) is 26.5. The van der Waals surface area contributed by atoms with Gasteiger partial charge in [-0.1, -0.05) is 12.1 Å². The summed E-state index contributed by atoms with van der Waals surface area (Å²) in [5, 5.41) is 52.1. The molecule has 14 heteroatoms. The van der Waals surface area contributed by atoms with Crippen LogP contribution in [0.5, 0.6) is 11.5 Å². The maximum atomic E-state index is 13.8. The van der Waals surface area contributed by atoms with Crippen LogP contribution in [0.1, 0.15) is 89.1 Å². The van der Waals surface area contributed by atoms with Crippen molar-refractivity contribution in [3.05, 3.63) is 57.6 Å². The first-order valence-corrected chi connectivity index (χ1v) is 15.5. The van der Waals surface area contributed by atoms with Crippen molar-refractivity contribution in [3.63, 3.8) is 0 Å². The van der Waals surface area contributed by atoms with E-state index in [1.807, 2.05) is 0 Å². The average molecular weight is 660 g/mol. The van der Waals surface area contributed by atoms with Crippen molar-refractivity contribution in [2.24, 2.45) is 5.73 Å². The van der Waals surface area contributed by atoms with Crippen LogP contribution in [0.2, 0.25) is 0 Å². The number of ether oxygens (including phenoxy) is 5. The summed E-state index contributed by atoms with van der Waals surface area (Å²) >= 11 is 0. The third-order valence-electron chi connectivity index (χ3n) is 8.86. The first-order chi connectivity index (χ1) is 22.2. The van der Waals surface area contributed by atoms with Gasteiger partial charge in [0.15, 0.2) is 24.0 Å². The Balaban J connectivity index is 1.45. The Kier molecular flexibility index (Phi) is 10.1. The van der Waals surface area contributed by atoms with Crippen molar-refractivity contribution in [3.8, 4) is 11.5 Å². The molecule has 1 fully saturated rings. The van der Waals surface area contributed by atoms with Gasteiger partial charge in [-0.15, -0.1) is 0 Å². The highest BCUT2D eigenvalue weighted by Crippen LogP contribution is 2.48. The zero-order chi connectivity index (χ0) is 34.4. The van der Waals surface area contributed by atoms with E-state index in [-0.39, 0.29) is 58.6 Å². The van der Waals surface area contributed by atoms with Crippen LogP contribution < -0.4 is 10.5 Å². The van der Waals surface area contributed by atoms with Gasteiger partial charge in [-0.3, -0.25) is 9.59 Å². The molecule has 2 aliphatic carbocycles. The normalized spacial score (nSPS) is 28.9. The molecule has 0 saturated carbocycles. The summed E-state index contributed by atoms with van der Waals surface area (Å²) in [6.45, 7) is 4.63. The Bertz CT molecular complexity index is 1530. The van der Waals surface area contributed by atoms with Crippen molar-refractivity contribution in [2.45, 2.75) is 101 Å². The highest BCUT2D eigenvalue weighted by Gasteiger charge is 2.49. The highest BCUT2D eigenvalue weighted by atomic mass is 16.7. The van der Waals surface area contributed by atoms with Gasteiger partial charge in [-0.25, -0.2) is 4.79 Å². The minimum atomic E-state index is -2.33. The SMILES string of the molecule is COc1cccc2c1C(=O)c1c(cc3c(c1O)C(OC1CC(N)C(OC(CC(C)O)OC(C)CO)C(C)O1)CC(O)(C(=O)O)C3)C2=O. The molecule has 2 aromatic rings. The van der Waals surface area contributed by atoms with E-state index < -0.39 is 90.9 Å². The van der Waals surface area contributed by atoms with Gasteiger partial charge in [0, 0.05) is 48.4 Å². The van der Waals surface area contributed by atoms with Crippen molar-refractivity contribution >= 4 is 17.5 Å². The van der Waals surface area contributed by atoms with Crippen LogP contribution in [0.25, 0.3) is 0 Å². The van der Waals surface area contributed by atoms with Gasteiger partial charge in [-0.05, 0) is 38.5 Å². The molecule has 5 rings (SSSR count). The number of methoxy groups -OCH3 is 1. The topological polar surface area (TPSA) is 225 Å². The Morgan fingerprint density at radius 2 is 1.89 bits per heavy atom. The molecule has 9 unspecified atom stereocenters. The lowest BCUT2D eigenvalue weighted by atomic mass is 9.73. The maximum absolute atomic E-state index is 13.8. The van der Waals surface area contributed by atoms with Crippen LogP contribution >= 0.6 is 0 Å². The molecule has 47 heavy (non-hydrogen) atoms. The van der Waals surface area contributed by atoms with Crippen LogP contribution in [0.3, 0.4) is 0 Å². The summed E-state index contributed by atoms with van der Waals surface area (Å²) in [7, 11) is 1.35. The number of benzene rings is 2. The molecule has 0 spiro atoms. The summed E-state index contributed by atoms with van der Waals surface area (Å²) in [6.07, 6.45) is -6.83. The number of aliphatic hydroxyl groups excluding tert-OH is 2. The monoisotopic (exact) mass is 659 g/mol. The second kappa shape index (κ2) is 13.6. The first-order valence-electron chi connectivity index (χ1n) is 15.5. The lowest BCUT2D eigenvalue weighted by Gasteiger charge is -2.43. The summed E-state index contributed by atoms with van der Waals surface area (Å²) in [5.41, 5.74) is 4.00. The zero-order valence-electron chi connectivity index (χ0n) is 26.5. The minimum Gasteiger partial charge on any atom is -0.507 e. The molecule has 3 aliphatic rings. The number of aliphatic carboxylic acids is 1. The molecule has 2 aromatic carbocycles. The first kappa shape index (κ1) is 34.9. The fourth-order valence-electron chi connectivity index (χ4n) is 6.58. The Hall–Kier alpha value is -3.47. The molecule has 1 saturated heterocycles. The van der Waals surface area contributed by atoms with E-state index in [0.717, 1.165) is 0 Å². The maximum Gasteiger partial charge on any atom is 0.336 e. The summed E-state index contributed by atoms with van der Waals surface area (Å²) in [6, 6.07) is 5.17. The number of hydrogen-bond donors (Lipinski definition) is 6. The van der Waals surface area contributed by atoms with E-state index in [9.17, 15) is 39.9 Å². The second-order valence-corrected chi connectivity index (χ2v) is 12.5. The second-order valence-electron chi connectivity index (χ2n) is 12.5. The minimum absolute atomic E-state index is 0.00854. The third-order valence-corrected chi connectivity index (χ3v) is 8.86. The predicted octanol–water partition coefficient (Wildman–Crippen LogP) is 1.34. The summed E-state index contributed by atoms with van der Waals surface area (Å²) in [5.74, 6) is -3.16. The number of phenolic OH excluding ortho intramolecular Hbond substituents is 1. The smallest absolute Gasteiger partial charge is 0.336 e. The van der Waals surface area contributed by atoms with Gasteiger partial charge in [-0.2, -0.15) is 0 Å². The van der Waals surface area contributed by atoms with Gasteiger partial charge in [0.05, 0.1) is 49.3 Å². The van der Waals surface area contributed by atoms with Gasteiger partial charge in [0.1, 0.15) is 17.6 Å². The lowest BCUT2D eigenvalue weighted by Crippen LogP contribution is -2.55. The Morgan fingerprint density at radius 1 is 1.17 bits per heavy atom. The lowest BCUT2D eigenvalue weighted by molar-refractivity contribution is -0.285. The van der Waals surface area contributed by atoms with E-state index in [1.165, 1.54) is 25.3 Å². The van der Waals surface area contributed by atoms with E-state index in [1.54, 1.807) is 26.8 Å². The summed E-state index contributed by atoms with van der Waals surface area (Å²) < 4.78 is 29.4. The number of carbonyl (C=O) groups excluding carboxylic acids is 2. The van der Waals surface area contributed by atoms with Crippen molar-refractivity contribution in [1.29, 1.82) is 0 Å². The van der Waals surface area contributed by atoms with Crippen LogP contribution in [-0.4, -0.2) is 105 Å². The van der Waals surface area contributed by atoms with E-state index in [0.29, 0.717) is 0 Å². The molecule has 0 radical (unpaired) electrons. The molecule has 14 nitrogen and oxygen atoms in total. The molecule has 9 atom stereocenters. The third kappa shape index (κ3) is 6.65. The largest absolute Gasteiger partial charge is 0.507 e.